The van der Waals surface area contributed by atoms with Crippen LogP contribution in [0.2, 0.25) is 0 Å². The summed E-state index contributed by atoms with van der Waals surface area (Å²) in [6, 6.07) is 0.293. The highest BCUT2D eigenvalue weighted by atomic mass is 127. The third-order valence-electron chi connectivity index (χ3n) is 4.36. The molecule has 1 aliphatic heterocycles. The van der Waals surface area contributed by atoms with E-state index in [2.05, 4.69) is 15.6 Å². The van der Waals surface area contributed by atoms with Crippen LogP contribution in [-0.2, 0) is 10.0 Å². The monoisotopic (exact) mass is 506 g/mol. The highest BCUT2D eigenvalue weighted by Crippen LogP contribution is 2.18. The van der Waals surface area contributed by atoms with E-state index in [0.717, 1.165) is 43.7 Å². The van der Waals surface area contributed by atoms with E-state index in [-0.39, 0.29) is 42.4 Å². The Morgan fingerprint density at radius 1 is 1.24 bits per heavy atom. The molecule has 2 fully saturated rings. The molecule has 0 aromatic heterocycles. The first-order valence-electron chi connectivity index (χ1n) is 8.79. The molecule has 1 heterocycles. The Kier molecular flexibility index (Phi) is 11.0. The van der Waals surface area contributed by atoms with E-state index in [9.17, 15) is 13.5 Å². The molecular weight excluding hydrogens is 475 g/mol. The SMILES string of the molecule is CCNC(=NCCS(=O)(=O)N1CCSCC1)NC1CCC(O)CC1.I. The molecule has 3 N–H and O–H groups in total. The van der Waals surface area contributed by atoms with Gasteiger partial charge in [0.2, 0.25) is 10.0 Å². The summed E-state index contributed by atoms with van der Waals surface area (Å²) in [5.41, 5.74) is 0. The number of nitrogens with one attached hydrogen (secondary N) is 2. The van der Waals surface area contributed by atoms with Gasteiger partial charge >= 0.3 is 0 Å². The quantitative estimate of drug-likeness (QED) is 0.281. The van der Waals surface area contributed by atoms with Crippen molar-refractivity contribution in [2.45, 2.75) is 44.8 Å². The highest BCUT2D eigenvalue weighted by molar-refractivity contribution is 14.0. The van der Waals surface area contributed by atoms with Gasteiger partial charge in [0.15, 0.2) is 5.96 Å². The van der Waals surface area contributed by atoms with Crippen LogP contribution < -0.4 is 10.6 Å². The lowest BCUT2D eigenvalue weighted by Crippen LogP contribution is -2.45. The van der Waals surface area contributed by atoms with Gasteiger partial charge in [-0.3, -0.25) is 4.99 Å². The standard InChI is InChI=1S/C15H30N4O3S2.HI/c1-2-16-15(18-13-3-5-14(20)6-4-13)17-7-12-24(21,22)19-8-10-23-11-9-19;/h13-14,20H,2-12H2,1H3,(H2,16,17,18);1H. The number of sulfonamides is 1. The number of aliphatic imine (C=N–C) groups is 1. The number of guanidine groups is 1. The topological polar surface area (TPSA) is 94.0 Å². The summed E-state index contributed by atoms with van der Waals surface area (Å²) in [4.78, 5) is 4.43. The summed E-state index contributed by atoms with van der Waals surface area (Å²) in [7, 11) is -3.21. The average Bonchev–Trinajstić information content (AvgIpc) is 2.58. The van der Waals surface area contributed by atoms with E-state index in [4.69, 9.17) is 0 Å². The molecule has 1 aliphatic carbocycles. The summed E-state index contributed by atoms with van der Waals surface area (Å²) in [5.74, 6) is 2.47. The van der Waals surface area contributed by atoms with Gasteiger partial charge in [0.05, 0.1) is 18.4 Å². The van der Waals surface area contributed by atoms with Gasteiger partial charge in [0.1, 0.15) is 0 Å². The van der Waals surface area contributed by atoms with Crippen LogP contribution in [-0.4, -0.2) is 79.4 Å². The average molecular weight is 506 g/mol. The summed E-state index contributed by atoms with van der Waals surface area (Å²) in [6.07, 6.45) is 3.25. The predicted molar refractivity (Wildman–Crippen MR) is 115 cm³/mol. The zero-order valence-corrected chi connectivity index (χ0v) is 18.8. The predicted octanol–water partition coefficient (Wildman–Crippen LogP) is 0.842. The summed E-state index contributed by atoms with van der Waals surface area (Å²) >= 11 is 1.80. The number of rotatable bonds is 6. The smallest absolute Gasteiger partial charge is 0.215 e. The van der Waals surface area contributed by atoms with Crippen molar-refractivity contribution in [3.05, 3.63) is 0 Å². The lowest BCUT2D eigenvalue weighted by atomic mass is 9.93. The van der Waals surface area contributed by atoms with Gasteiger partial charge in [-0.1, -0.05) is 0 Å². The molecule has 0 bridgehead atoms. The number of aliphatic hydroxyl groups excluding tert-OH is 1. The Balaban J connectivity index is 0.00000312. The maximum absolute atomic E-state index is 12.3. The van der Waals surface area contributed by atoms with Gasteiger partial charge in [0.25, 0.3) is 0 Å². The Hall–Kier alpha value is 0.220. The Bertz CT molecular complexity index is 505. The zero-order chi connectivity index (χ0) is 17.4. The molecule has 10 heteroatoms. The first-order chi connectivity index (χ1) is 11.5. The van der Waals surface area contributed by atoms with E-state index < -0.39 is 10.0 Å². The van der Waals surface area contributed by atoms with Crippen molar-refractivity contribution >= 4 is 51.7 Å². The third kappa shape index (κ3) is 8.19. The van der Waals surface area contributed by atoms with E-state index in [1.165, 1.54) is 0 Å². The van der Waals surface area contributed by atoms with E-state index in [1.807, 2.05) is 6.92 Å². The van der Waals surface area contributed by atoms with Crippen LogP contribution in [0.25, 0.3) is 0 Å². The Morgan fingerprint density at radius 3 is 2.48 bits per heavy atom. The van der Waals surface area contributed by atoms with Gasteiger partial charge in [-0.15, -0.1) is 24.0 Å². The molecule has 0 aromatic carbocycles. The van der Waals surface area contributed by atoms with Gasteiger partial charge < -0.3 is 15.7 Å². The Labute approximate surface area is 172 Å². The molecule has 2 aliphatic rings. The van der Waals surface area contributed by atoms with E-state index in [0.29, 0.717) is 25.1 Å². The zero-order valence-electron chi connectivity index (χ0n) is 14.8. The second-order valence-electron chi connectivity index (χ2n) is 6.24. The second kappa shape index (κ2) is 11.8. The van der Waals surface area contributed by atoms with Crippen molar-refractivity contribution in [2.75, 3.05) is 43.4 Å². The van der Waals surface area contributed by atoms with Crippen LogP contribution in [0.4, 0.5) is 0 Å². The van der Waals surface area contributed by atoms with Crippen LogP contribution in [0, 0.1) is 0 Å². The number of hydrogen-bond acceptors (Lipinski definition) is 5. The normalized spacial score (nSPS) is 25.9. The third-order valence-corrected chi connectivity index (χ3v) is 7.16. The number of thioether (sulfide) groups is 1. The molecule has 1 saturated carbocycles. The van der Waals surface area contributed by atoms with Crippen LogP contribution in [0.15, 0.2) is 4.99 Å². The van der Waals surface area contributed by atoms with Gasteiger partial charge in [-0.2, -0.15) is 11.8 Å². The van der Waals surface area contributed by atoms with E-state index >= 15 is 0 Å². The minimum atomic E-state index is -3.21. The number of aliphatic hydroxyl groups is 1. The lowest BCUT2D eigenvalue weighted by molar-refractivity contribution is 0.120. The molecule has 148 valence electrons. The number of halogens is 1. The molecule has 2 rings (SSSR count). The first kappa shape index (κ1) is 23.3. The highest BCUT2D eigenvalue weighted by Gasteiger charge is 2.24. The molecule has 0 radical (unpaired) electrons. The first-order valence-corrected chi connectivity index (χ1v) is 11.6. The fourth-order valence-corrected chi connectivity index (χ4v) is 5.41. The molecule has 0 aromatic rings. The maximum atomic E-state index is 12.3. The minimum Gasteiger partial charge on any atom is -0.393 e. The summed E-state index contributed by atoms with van der Waals surface area (Å²) in [5, 5.41) is 16.1. The van der Waals surface area contributed by atoms with Crippen molar-refractivity contribution < 1.29 is 13.5 Å². The van der Waals surface area contributed by atoms with Crippen molar-refractivity contribution in [3.8, 4) is 0 Å². The molecular formula is C15H31IN4O3S2. The Morgan fingerprint density at radius 2 is 1.88 bits per heavy atom. The molecule has 0 atom stereocenters. The van der Waals surface area contributed by atoms with Crippen molar-refractivity contribution in [2.24, 2.45) is 4.99 Å². The summed E-state index contributed by atoms with van der Waals surface area (Å²) < 4.78 is 26.2. The van der Waals surface area contributed by atoms with E-state index in [1.54, 1.807) is 16.1 Å². The summed E-state index contributed by atoms with van der Waals surface area (Å²) in [6.45, 7) is 4.21. The van der Waals surface area contributed by atoms with Gasteiger partial charge in [-0.25, -0.2) is 12.7 Å². The van der Waals surface area contributed by atoms with Crippen molar-refractivity contribution in [1.82, 2.24) is 14.9 Å². The van der Waals surface area contributed by atoms with Crippen LogP contribution >= 0.6 is 35.7 Å². The second-order valence-corrected chi connectivity index (χ2v) is 9.55. The maximum Gasteiger partial charge on any atom is 0.215 e. The number of nitrogens with zero attached hydrogens (tertiary/aromatic N) is 2. The number of hydrogen-bond donors (Lipinski definition) is 3. The van der Waals surface area contributed by atoms with Crippen molar-refractivity contribution in [3.63, 3.8) is 0 Å². The molecule has 1 saturated heterocycles. The van der Waals surface area contributed by atoms with Gasteiger partial charge in [0, 0.05) is 37.2 Å². The molecule has 0 amide bonds. The fourth-order valence-electron chi connectivity index (χ4n) is 2.96. The fraction of sp³-hybridized carbons (Fsp3) is 0.933. The molecule has 7 nitrogen and oxygen atoms in total. The molecule has 0 spiro atoms. The minimum absolute atomic E-state index is 0. The lowest BCUT2D eigenvalue weighted by Gasteiger charge is -2.28. The van der Waals surface area contributed by atoms with Crippen LogP contribution in [0.1, 0.15) is 32.6 Å². The largest absolute Gasteiger partial charge is 0.393 e. The van der Waals surface area contributed by atoms with Crippen LogP contribution in [0.5, 0.6) is 0 Å². The molecule has 0 unspecified atom stereocenters. The molecule has 25 heavy (non-hydrogen) atoms. The van der Waals surface area contributed by atoms with Crippen molar-refractivity contribution in [1.29, 1.82) is 0 Å². The van der Waals surface area contributed by atoms with Crippen LogP contribution in [0.3, 0.4) is 0 Å². The van der Waals surface area contributed by atoms with Gasteiger partial charge in [-0.05, 0) is 32.6 Å².